The molecule has 0 aliphatic rings. The molecule has 1 aromatic heterocycles. The Hall–Kier alpha value is -2.41. The van der Waals surface area contributed by atoms with Crippen molar-refractivity contribution in [2.45, 2.75) is 11.1 Å². The molecule has 3 rings (SSSR count). The van der Waals surface area contributed by atoms with Crippen LogP contribution in [0.2, 0.25) is 0 Å². The first kappa shape index (κ1) is 16.4. The molecule has 0 bridgehead atoms. The fourth-order valence-corrected chi connectivity index (χ4v) is 2.71. The van der Waals surface area contributed by atoms with Crippen molar-refractivity contribution in [2.24, 2.45) is 0 Å². The number of benzene rings is 2. The molecular weight excluding hydrogens is 335 g/mol. The third-order valence-electron chi connectivity index (χ3n) is 3.52. The molecule has 0 saturated heterocycles. The van der Waals surface area contributed by atoms with Crippen molar-refractivity contribution in [2.75, 3.05) is 12.0 Å². The number of thioether (sulfide) groups is 1. The van der Waals surface area contributed by atoms with Crippen LogP contribution in [0, 0.1) is 0 Å². The first-order chi connectivity index (χ1) is 11.4. The highest BCUT2D eigenvalue weighted by Crippen LogP contribution is 2.33. The van der Waals surface area contributed by atoms with Gasteiger partial charge in [-0.3, -0.25) is 0 Å². The van der Waals surface area contributed by atoms with E-state index in [0.29, 0.717) is 22.6 Å². The lowest BCUT2D eigenvalue weighted by Gasteiger charge is -2.08. The fraction of sp³-hybridized carbons (Fsp3) is 0.118. The molecule has 0 spiro atoms. The van der Waals surface area contributed by atoms with E-state index >= 15 is 0 Å². The molecule has 124 valence electrons. The van der Waals surface area contributed by atoms with E-state index < -0.39 is 11.9 Å². The Morgan fingerprint density at radius 3 is 2.17 bits per heavy atom. The molecule has 0 radical (unpaired) electrons. The quantitative estimate of drug-likeness (QED) is 0.542. The van der Waals surface area contributed by atoms with Crippen molar-refractivity contribution in [3.63, 3.8) is 0 Å². The second-order valence-corrected chi connectivity index (χ2v) is 6.02. The van der Waals surface area contributed by atoms with Crippen LogP contribution in [0.15, 0.2) is 59.5 Å². The maximum Gasteiger partial charge on any atom is 0.435 e. The minimum Gasteiger partial charge on any atom is -0.399 e. The van der Waals surface area contributed by atoms with Gasteiger partial charge >= 0.3 is 6.18 Å². The Morgan fingerprint density at radius 2 is 1.62 bits per heavy atom. The smallest absolute Gasteiger partial charge is 0.399 e. The van der Waals surface area contributed by atoms with Gasteiger partial charge in [0.2, 0.25) is 0 Å². The molecule has 3 aromatic rings. The van der Waals surface area contributed by atoms with Crippen LogP contribution in [-0.4, -0.2) is 16.0 Å². The third kappa shape index (κ3) is 3.26. The lowest BCUT2D eigenvalue weighted by atomic mass is 10.1. The minimum absolute atomic E-state index is 0.375. The van der Waals surface area contributed by atoms with Crippen LogP contribution in [0.1, 0.15) is 5.69 Å². The first-order valence-electron chi connectivity index (χ1n) is 7.06. The molecule has 7 heteroatoms. The Morgan fingerprint density at radius 1 is 1.00 bits per heavy atom. The van der Waals surface area contributed by atoms with Gasteiger partial charge in [-0.05, 0) is 48.7 Å². The van der Waals surface area contributed by atoms with Gasteiger partial charge in [0, 0.05) is 16.1 Å². The standard InChI is InChI=1S/C17H14F3N3S/c1-24-14-8-2-11(3-9-14)15-10-16(17(18,19)20)22-23(15)13-6-4-12(21)5-7-13/h2-10H,21H2,1H3. The maximum absolute atomic E-state index is 13.1. The molecule has 3 nitrogen and oxygen atoms in total. The summed E-state index contributed by atoms with van der Waals surface area (Å²) in [6, 6.07) is 14.9. The molecular formula is C17H14F3N3S. The van der Waals surface area contributed by atoms with E-state index in [1.54, 1.807) is 48.2 Å². The number of nitrogen functional groups attached to an aromatic ring is 1. The summed E-state index contributed by atoms with van der Waals surface area (Å²) in [5, 5.41) is 3.75. The molecule has 0 saturated carbocycles. The molecule has 0 fully saturated rings. The number of anilines is 1. The lowest BCUT2D eigenvalue weighted by Crippen LogP contribution is -2.07. The zero-order valence-corrected chi connectivity index (χ0v) is 13.5. The summed E-state index contributed by atoms with van der Waals surface area (Å²) in [5.41, 5.74) is 6.81. The summed E-state index contributed by atoms with van der Waals surface area (Å²) < 4.78 is 40.6. The predicted octanol–water partition coefficient (Wildman–Crippen LogP) is 4.86. The average molecular weight is 349 g/mol. The number of halogens is 3. The van der Waals surface area contributed by atoms with Gasteiger partial charge in [0.15, 0.2) is 5.69 Å². The summed E-state index contributed by atoms with van der Waals surface area (Å²) in [5.74, 6) is 0. The number of rotatable bonds is 3. The van der Waals surface area contributed by atoms with E-state index in [2.05, 4.69) is 5.10 Å². The van der Waals surface area contributed by atoms with E-state index in [9.17, 15) is 13.2 Å². The number of aromatic nitrogens is 2. The highest BCUT2D eigenvalue weighted by molar-refractivity contribution is 7.98. The molecule has 0 atom stereocenters. The third-order valence-corrected chi connectivity index (χ3v) is 4.27. The molecule has 24 heavy (non-hydrogen) atoms. The van der Waals surface area contributed by atoms with Crippen molar-refractivity contribution in [1.29, 1.82) is 0 Å². The van der Waals surface area contributed by atoms with E-state index in [0.717, 1.165) is 11.0 Å². The minimum atomic E-state index is -4.51. The van der Waals surface area contributed by atoms with Gasteiger partial charge in [-0.1, -0.05) is 12.1 Å². The average Bonchev–Trinajstić information content (AvgIpc) is 3.01. The molecule has 2 aromatic carbocycles. The zero-order chi connectivity index (χ0) is 17.3. The number of nitrogens with two attached hydrogens (primary N) is 1. The van der Waals surface area contributed by atoms with Gasteiger partial charge in [-0.15, -0.1) is 11.8 Å². The van der Waals surface area contributed by atoms with Gasteiger partial charge in [-0.25, -0.2) is 4.68 Å². The largest absolute Gasteiger partial charge is 0.435 e. The van der Waals surface area contributed by atoms with Crippen LogP contribution < -0.4 is 5.73 Å². The number of hydrogen-bond acceptors (Lipinski definition) is 3. The summed E-state index contributed by atoms with van der Waals surface area (Å²) in [7, 11) is 0. The number of nitrogens with zero attached hydrogens (tertiary/aromatic N) is 2. The van der Waals surface area contributed by atoms with Gasteiger partial charge in [0.1, 0.15) is 0 Å². The highest BCUT2D eigenvalue weighted by Gasteiger charge is 2.35. The first-order valence-corrected chi connectivity index (χ1v) is 8.28. The van der Waals surface area contributed by atoms with Gasteiger partial charge in [-0.2, -0.15) is 18.3 Å². The molecule has 0 aliphatic heterocycles. The normalized spacial score (nSPS) is 11.7. The van der Waals surface area contributed by atoms with E-state index in [1.165, 1.54) is 4.68 Å². The van der Waals surface area contributed by atoms with Crippen molar-refractivity contribution in [1.82, 2.24) is 9.78 Å². The Kier molecular flexibility index (Phi) is 4.28. The number of alkyl halides is 3. The predicted molar refractivity (Wildman–Crippen MR) is 90.2 cm³/mol. The van der Waals surface area contributed by atoms with E-state index in [1.807, 2.05) is 18.4 Å². The van der Waals surface area contributed by atoms with Gasteiger partial charge in [0.05, 0.1) is 11.4 Å². The molecule has 0 unspecified atom stereocenters. The summed E-state index contributed by atoms with van der Waals surface area (Å²) >= 11 is 1.57. The van der Waals surface area contributed by atoms with Crippen LogP contribution >= 0.6 is 11.8 Å². The van der Waals surface area contributed by atoms with Crippen LogP contribution in [0.5, 0.6) is 0 Å². The van der Waals surface area contributed by atoms with Crippen LogP contribution in [-0.2, 0) is 6.18 Å². The van der Waals surface area contributed by atoms with E-state index in [4.69, 9.17) is 5.73 Å². The van der Waals surface area contributed by atoms with Crippen molar-refractivity contribution >= 4 is 17.4 Å². The van der Waals surface area contributed by atoms with Crippen LogP contribution in [0.25, 0.3) is 16.9 Å². The monoisotopic (exact) mass is 349 g/mol. The topological polar surface area (TPSA) is 43.8 Å². The summed E-state index contributed by atoms with van der Waals surface area (Å²) in [6.45, 7) is 0. The second kappa shape index (κ2) is 6.24. The van der Waals surface area contributed by atoms with Crippen molar-refractivity contribution < 1.29 is 13.2 Å². The van der Waals surface area contributed by atoms with Crippen LogP contribution in [0.3, 0.4) is 0 Å². The molecule has 2 N–H and O–H groups in total. The second-order valence-electron chi connectivity index (χ2n) is 5.14. The lowest BCUT2D eigenvalue weighted by molar-refractivity contribution is -0.141. The zero-order valence-electron chi connectivity index (χ0n) is 12.7. The fourth-order valence-electron chi connectivity index (χ4n) is 2.30. The SMILES string of the molecule is CSc1ccc(-c2cc(C(F)(F)F)nn2-c2ccc(N)cc2)cc1. The van der Waals surface area contributed by atoms with Gasteiger partial charge < -0.3 is 5.73 Å². The summed E-state index contributed by atoms with van der Waals surface area (Å²) in [6.07, 6.45) is -2.57. The molecule has 0 amide bonds. The summed E-state index contributed by atoms with van der Waals surface area (Å²) in [4.78, 5) is 1.04. The molecule has 0 aliphatic carbocycles. The number of hydrogen-bond donors (Lipinski definition) is 1. The Labute approximate surface area is 141 Å². The van der Waals surface area contributed by atoms with E-state index in [-0.39, 0.29) is 0 Å². The van der Waals surface area contributed by atoms with Crippen LogP contribution in [0.4, 0.5) is 18.9 Å². The maximum atomic E-state index is 13.1. The molecule has 1 heterocycles. The Balaban J connectivity index is 2.15. The highest BCUT2D eigenvalue weighted by atomic mass is 32.2. The Bertz CT molecular complexity index is 837. The van der Waals surface area contributed by atoms with Gasteiger partial charge in [0.25, 0.3) is 0 Å². The van der Waals surface area contributed by atoms with Crippen molar-refractivity contribution in [3.8, 4) is 16.9 Å². The van der Waals surface area contributed by atoms with Crippen molar-refractivity contribution in [3.05, 3.63) is 60.3 Å².